The average molecular weight is 220 g/mol. The van der Waals surface area contributed by atoms with E-state index in [1.54, 1.807) is 0 Å². The highest BCUT2D eigenvalue weighted by Gasteiger charge is 2.23. The first kappa shape index (κ1) is 13.2. The van der Waals surface area contributed by atoms with Crippen LogP contribution in [0.1, 0.15) is 45.7 Å². The van der Waals surface area contributed by atoms with E-state index in [0.29, 0.717) is 17.9 Å². The summed E-state index contributed by atoms with van der Waals surface area (Å²) in [5, 5.41) is 3.59. The fourth-order valence-corrected chi connectivity index (χ4v) is 2.19. The molecule has 1 heterocycles. The van der Waals surface area contributed by atoms with Crippen LogP contribution < -0.4 is 5.32 Å². The molecule has 0 aliphatic carbocycles. The van der Waals surface area contributed by atoms with Crippen LogP contribution in [0, 0.1) is 5.92 Å². The molecule has 0 bridgehead atoms. The third-order valence-electron chi connectivity index (χ3n) is 3.39. The van der Waals surface area contributed by atoms with Crippen LogP contribution in [0.3, 0.4) is 0 Å². The van der Waals surface area contributed by atoms with Gasteiger partial charge in [0, 0.05) is 23.9 Å². The molecule has 2 heteroatoms. The lowest BCUT2D eigenvalue weighted by atomic mass is 9.86. The molecule has 90 valence electrons. The lowest BCUT2D eigenvalue weighted by Crippen LogP contribution is -2.39. The van der Waals surface area contributed by atoms with Crippen molar-refractivity contribution in [1.29, 1.82) is 0 Å². The van der Waals surface area contributed by atoms with Crippen LogP contribution in [0.5, 0.6) is 0 Å². The number of nitrogens with zero attached hydrogens (tertiary/aromatic N) is 1. The fraction of sp³-hybridized carbons (Fsp3) is 0.643. The van der Waals surface area contributed by atoms with Crippen LogP contribution >= 0.6 is 0 Å². The maximum atomic E-state index is 4.46. The summed E-state index contributed by atoms with van der Waals surface area (Å²) in [5.41, 5.74) is 1.19. The van der Waals surface area contributed by atoms with Gasteiger partial charge >= 0.3 is 0 Å². The predicted octanol–water partition coefficient (Wildman–Crippen LogP) is 3.21. The number of hydrogen-bond donors (Lipinski definition) is 1. The third kappa shape index (κ3) is 3.31. The Hall–Kier alpha value is -0.890. The van der Waals surface area contributed by atoms with E-state index < -0.39 is 0 Å². The molecule has 3 atom stereocenters. The summed E-state index contributed by atoms with van der Waals surface area (Å²) in [5.74, 6) is 1.15. The summed E-state index contributed by atoms with van der Waals surface area (Å²) in [7, 11) is 0. The number of pyridine rings is 1. The zero-order valence-corrected chi connectivity index (χ0v) is 10.9. The number of hydrogen-bond acceptors (Lipinski definition) is 2. The molecule has 3 unspecified atom stereocenters. The van der Waals surface area contributed by atoms with E-state index in [0.717, 1.165) is 6.54 Å². The Morgan fingerprint density at radius 2 is 2.00 bits per heavy atom. The van der Waals surface area contributed by atoms with Gasteiger partial charge in [0.2, 0.25) is 0 Å². The highest BCUT2D eigenvalue weighted by Crippen LogP contribution is 2.23. The molecule has 1 N–H and O–H groups in total. The summed E-state index contributed by atoms with van der Waals surface area (Å²) >= 11 is 0. The maximum absolute atomic E-state index is 4.46. The Balaban J connectivity index is 2.78. The summed E-state index contributed by atoms with van der Waals surface area (Å²) in [6, 6.07) is 6.68. The summed E-state index contributed by atoms with van der Waals surface area (Å²) in [6.45, 7) is 10.0. The van der Waals surface area contributed by atoms with Crippen molar-refractivity contribution in [3.05, 3.63) is 30.1 Å². The van der Waals surface area contributed by atoms with Gasteiger partial charge in [-0.15, -0.1) is 0 Å². The Bertz CT molecular complexity index is 284. The van der Waals surface area contributed by atoms with E-state index in [-0.39, 0.29) is 0 Å². The van der Waals surface area contributed by atoms with Crippen LogP contribution in [0.25, 0.3) is 0 Å². The second-order valence-corrected chi connectivity index (χ2v) is 4.51. The second-order valence-electron chi connectivity index (χ2n) is 4.51. The minimum absolute atomic E-state index is 0.469. The van der Waals surface area contributed by atoms with Crippen molar-refractivity contribution in [1.82, 2.24) is 10.3 Å². The van der Waals surface area contributed by atoms with Crippen LogP contribution in [0.4, 0.5) is 0 Å². The number of aromatic nitrogens is 1. The Morgan fingerprint density at radius 1 is 1.25 bits per heavy atom. The highest BCUT2D eigenvalue weighted by molar-refractivity contribution is 5.11. The molecule has 1 aromatic rings. The molecule has 0 amide bonds. The van der Waals surface area contributed by atoms with Crippen molar-refractivity contribution in [2.75, 3.05) is 6.54 Å². The standard InChI is InChI=1S/C14H24N2/c1-5-11(3)14(15-6-2)12(4)13-9-7-8-10-16-13/h7-12,14-15H,5-6H2,1-4H3. The van der Waals surface area contributed by atoms with Gasteiger partial charge in [-0.05, 0) is 24.6 Å². The van der Waals surface area contributed by atoms with Crippen molar-refractivity contribution < 1.29 is 0 Å². The van der Waals surface area contributed by atoms with Crippen LogP contribution in [0.15, 0.2) is 24.4 Å². The molecule has 0 saturated carbocycles. The summed E-state index contributed by atoms with van der Waals surface area (Å²) < 4.78 is 0. The Labute approximate surface area is 99.5 Å². The molecule has 0 radical (unpaired) electrons. The topological polar surface area (TPSA) is 24.9 Å². The van der Waals surface area contributed by atoms with E-state index >= 15 is 0 Å². The molecule has 0 spiro atoms. The molecule has 2 nitrogen and oxygen atoms in total. The van der Waals surface area contributed by atoms with Gasteiger partial charge in [0.25, 0.3) is 0 Å². The molecule has 0 saturated heterocycles. The smallest absolute Gasteiger partial charge is 0.0447 e. The summed E-state index contributed by atoms with van der Waals surface area (Å²) in [6.07, 6.45) is 3.08. The average Bonchev–Trinajstić information content (AvgIpc) is 2.35. The zero-order valence-electron chi connectivity index (χ0n) is 10.9. The lowest BCUT2D eigenvalue weighted by molar-refractivity contribution is 0.329. The van der Waals surface area contributed by atoms with E-state index in [4.69, 9.17) is 0 Å². The van der Waals surface area contributed by atoms with Crippen LogP contribution in [-0.4, -0.2) is 17.6 Å². The molecular weight excluding hydrogens is 196 g/mol. The Morgan fingerprint density at radius 3 is 2.50 bits per heavy atom. The third-order valence-corrected chi connectivity index (χ3v) is 3.39. The van der Waals surface area contributed by atoms with Gasteiger partial charge < -0.3 is 5.32 Å². The first-order valence-corrected chi connectivity index (χ1v) is 6.35. The number of rotatable bonds is 6. The SMILES string of the molecule is CCNC(C(C)CC)C(C)c1ccccn1. The van der Waals surface area contributed by atoms with Gasteiger partial charge in [0.1, 0.15) is 0 Å². The van der Waals surface area contributed by atoms with Gasteiger partial charge in [-0.2, -0.15) is 0 Å². The molecule has 0 aromatic carbocycles. The Kier molecular flexibility index (Phi) is 5.47. The highest BCUT2D eigenvalue weighted by atomic mass is 14.9. The monoisotopic (exact) mass is 220 g/mol. The molecule has 1 aromatic heterocycles. The molecule has 0 aliphatic heterocycles. The van der Waals surface area contributed by atoms with Gasteiger partial charge in [-0.3, -0.25) is 4.98 Å². The predicted molar refractivity (Wildman–Crippen MR) is 69.6 cm³/mol. The minimum Gasteiger partial charge on any atom is -0.313 e. The van der Waals surface area contributed by atoms with Crippen LogP contribution in [-0.2, 0) is 0 Å². The van der Waals surface area contributed by atoms with Crippen LogP contribution in [0.2, 0.25) is 0 Å². The summed E-state index contributed by atoms with van der Waals surface area (Å²) in [4.78, 5) is 4.46. The minimum atomic E-state index is 0.469. The van der Waals surface area contributed by atoms with Crippen molar-refractivity contribution in [2.45, 2.75) is 46.1 Å². The van der Waals surface area contributed by atoms with Gasteiger partial charge in [0.05, 0.1) is 0 Å². The van der Waals surface area contributed by atoms with Crippen molar-refractivity contribution >= 4 is 0 Å². The van der Waals surface area contributed by atoms with Crippen molar-refractivity contribution in [3.8, 4) is 0 Å². The van der Waals surface area contributed by atoms with Gasteiger partial charge in [-0.25, -0.2) is 0 Å². The number of likely N-dealkylation sites (N-methyl/N-ethyl adjacent to an activating group) is 1. The largest absolute Gasteiger partial charge is 0.313 e. The van der Waals surface area contributed by atoms with E-state index in [2.05, 4.69) is 50.1 Å². The molecular formula is C14H24N2. The molecule has 1 rings (SSSR count). The lowest BCUT2D eigenvalue weighted by Gasteiger charge is -2.29. The van der Waals surface area contributed by atoms with E-state index in [1.165, 1.54) is 12.1 Å². The first-order chi connectivity index (χ1) is 7.70. The maximum Gasteiger partial charge on any atom is 0.0447 e. The fourth-order valence-electron chi connectivity index (χ4n) is 2.19. The van der Waals surface area contributed by atoms with E-state index in [1.807, 2.05) is 12.3 Å². The second kappa shape index (κ2) is 6.64. The molecule has 16 heavy (non-hydrogen) atoms. The number of nitrogens with one attached hydrogen (secondary N) is 1. The quantitative estimate of drug-likeness (QED) is 0.796. The van der Waals surface area contributed by atoms with Gasteiger partial charge in [0.15, 0.2) is 0 Å². The zero-order chi connectivity index (χ0) is 12.0. The van der Waals surface area contributed by atoms with Crippen molar-refractivity contribution in [3.63, 3.8) is 0 Å². The van der Waals surface area contributed by atoms with Crippen molar-refractivity contribution in [2.24, 2.45) is 5.92 Å². The normalized spacial score (nSPS) is 16.8. The first-order valence-electron chi connectivity index (χ1n) is 6.35. The van der Waals surface area contributed by atoms with E-state index in [9.17, 15) is 0 Å². The molecule has 0 aliphatic rings. The molecule has 0 fully saturated rings. The van der Waals surface area contributed by atoms with Gasteiger partial charge in [-0.1, -0.05) is 40.2 Å².